The first-order chi connectivity index (χ1) is 8.75. The molecule has 3 heteroatoms. The summed E-state index contributed by atoms with van der Waals surface area (Å²) in [6.45, 7) is 0. The Bertz CT molecular complexity index is 487. The number of aliphatic hydroxyl groups is 1. The van der Waals surface area contributed by atoms with Crippen LogP contribution in [0.2, 0.25) is 0 Å². The number of hydrogen-bond acceptors (Lipinski definition) is 2. The van der Waals surface area contributed by atoms with Crippen molar-refractivity contribution in [1.29, 1.82) is 0 Å². The summed E-state index contributed by atoms with van der Waals surface area (Å²) >= 11 is 1.58. The number of aliphatic hydroxyl groups excluding tert-OH is 1. The molecule has 1 unspecified atom stereocenters. The Labute approximate surface area is 111 Å². The van der Waals surface area contributed by atoms with Crippen LogP contribution in [0.25, 0.3) is 0 Å². The third-order valence-electron chi connectivity index (χ3n) is 2.60. The second-order valence-electron chi connectivity index (χ2n) is 4.07. The Morgan fingerprint density at radius 3 is 2.39 bits per heavy atom. The smallest absolute Gasteiger partial charge is 0.126 e. The molecule has 0 spiro atoms. The predicted octanol–water partition coefficient (Wildman–Crippen LogP) is 3.52. The standard InChI is InChI=1S/C15H15FOS/c16-15-9-5-4-6-12(15)10-13(17)11-18-14-7-2-1-3-8-14/h1-9,13,17H,10-11H2. The first-order valence-electron chi connectivity index (χ1n) is 5.85. The van der Waals surface area contributed by atoms with Gasteiger partial charge in [-0.05, 0) is 23.8 Å². The van der Waals surface area contributed by atoms with E-state index in [-0.39, 0.29) is 5.82 Å². The van der Waals surface area contributed by atoms with E-state index in [1.165, 1.54) is 6.07 Å². The molecule has 94 valence electrons. The predicted molar refractivity (Wildman–Crippen MR) is 73.3 cm³/mol. The van der Waals surface area contributed by atoms with Crippen LogP contribution in [0.1, 0.15) is 5.56 Å². The zero-order valence-electron chi connectivity index (χ0n) is 9.92. The van der Waals surface area contributed by atoms with Gasteiger partial charge >= 0.3 is 0 Å². The van der Waals surface area contributed by atoms with Crippen LogP contribution in [0, 0.1) is 5.82 Å². The molecule has 0 saturated heterocycles. The highest BCUT2D eigenvalue weighted by Crippen LogP contribution is 2.19. The lowest BCUT2D eigenvalue weighted by Gasteiger charge is -2.10. The average Bonchev–Trinajstić information content (AvgIpc) is 2.40. The third-order valence-corrected chi connectivity index (χ3v) is 3.76. The van der Waals surface area contributed by atoms with Gasteiger partial charge in [-0.15, -0.1) is 11.8 Å². The van der Waals surface area contributed by atoms with Gasteiger partial charge in [0.1, 0.15) is 5.82 Å². The highest BCUT2D eigenvalue weighted by Gasteiger charge is 2.09. The van der Waals surface area contributed by atoms with E-state index in [1.807, 2.05) is 30.3 Å². The largest absolute Gasteiger partial charge is 0.392 e. The van der Waals surface area contributed by atoms with E-state index < -0.39 is 6.10 Å². The van der Waals surface area contributed by atoms with Crippen LogP contribution in [-0.4, -0.2) is 17.0 Å². The van der Waals surface area contributed by atoms with Crippen molar-refractivity contribution >= 4 is 11.8 Å². The Kier molecular flexibility index (Phi) is 4.79. The van der Waals surface area contributed by atoms with Crippen LogP contribution in [0.5, 0.6) is 0 Å². The number of hydrogen-bond donors (Lipinski definition) is 1. The second-order valence-corrected chi connectivity index (χ2v) is 5.17. The van der Waals surface area contributed by atoms with Crippen molar-refractivity contribution in [3.05, 3.63) is 66.0 Å². The lowest BCUT2D eigenvalue weighted by atomic mass is 10.1. The van der Waals surface area contributed by atoms with Gasteiger partial charge in [0.2, 0.25) is 0 Å². The summed E-state index contributed by atoms with van der Waals surface area (Å²) in [4.78, 5) is 1.12. The van der Waals surface area contributed by atoms with Crippen molar-refractivity contribution in [3.63, 3.8) is 0 Å². The van der Waals surface area contributed by atoms with Crippen molar-refractivity contribution in [2.24, 2.45) is 0 Å². The molecule has 0 aliphatic carbocycles. The summed E-state index contributed by atoms with van der Waals surface area (Å²) in [5, 5.41) is 9.90. The molecule has 0 heterocycles. The molecule has 1 atom stereocenters. The van der Waals surface area contributed by atoms with Crippen molar-refractivity contribution in [2.45, 2.75) is 17.4 Å². The van der Waals surface area contributed by atoms with E-state index in [0.29, 0.717) is 17.7 Å². The van der Waals surface area contributed by atoms with Crippen molar-refractivity contribution in [2.75, 3.05) is 5.75 Å². The molecule has 0 aliphatic heterocycles. The van der Waals surface area contributed by atoms with E-state index in [2.05, 4.69) is 0 Å². The quantitative estimate of drug-likeness (QED) is 0.832. The highest BCUT2D eigenvalue weighted by atomic mass is 32.2. The molecular weight excluding hydrogens is 247 g/mol. The summed E-state index contributed by atoms with van der Waals surface area (Å²) in [5.74, 6) is 0.319. The van der Waals surface area contributed by atoms with Crippen molar-refractivity contribution < 1.29 is 9.50 Å². The van der Waals surface area contributed by atoms with Crippen molar-refractivity contribution in [3.8, 4) is 0 Å². The minimum absolute atomic E-state index is 0.249. The van der Waals surface area contributed by atoms with E-state index in [1.54, 1.807) is 30.0 Å². The lowest BCUT2D eigenvalue weighted by Crippen LogP contribution is -2.14. The van der Waals surface area contributed by atoms with Gasteiger partial charge in [0.05, 0.1) is 6.10 Å². The van der Waals surface area contributed by atoms with Gasteiger partial charge < -0.3 is 5.11 Å². The Balaban J connectivity index is 1.86. The summed E-state index contributed by atoms with van der Waals surface area (Å²) in [6, 6.07) is 16.5. The monoisotopic (exact) mass is 262 g/mol. The van der Waals surface area contributed by atoms with Crippen LogP contribution in [0.15, 0.2) is 59.5 Å². The molecule has 2 rings (SSSR count). The molecule has 0 fully saturated rings. The van der Waals surface area contributed by atoms with Crippen LogP contribution < -0.4 is 0 Å². The molecule has 0 aliphatic rings. The van der Waals surface area contributed by atoms with Gasteiger partial charge in [0.25, 0.3) is 0 Å². The van der Waals surface area contributed by atoms with E-state index in [9.17, 15) is 9.50 Å². The molecule has 2 aromatic carbocycles. The minimum Gasteiger partial charge on any atom is -0.392 e. The maximum absolute atomic E-state index is 13.4. The first kappa shape index (κ1) is 13.1. The summed E-state index contributed by atoms with van der Waals surface area (Å²) in [7, 11) is 0. The average molecular weight is 262 g/mol. The van der Waals surface area contributed by atoms with E-state index in [0.717, 1.165) is 4.90 Å². The SMILES string of the molecule is OC(CSc1ccccc1)Cc1ccccc1F. The Morgan fingerprint density at radius 2 is 1.67 bits per heavy atom. The van der Waals surface area contributed by atoms with Gasteiger partial charge in [-0.25, -0.2) is 4.39 Å². The van der Waals surface area contributed by atoms with E-state index >= 15 is 0 Å². The molecule has 18 heavy (non-hydrogen) atoms. The summed E-state index contributed by atoms with van der Waals surface area (Å²) < 4.78 is 13.4. The summed E-state index contributed by atoms with van der Waals surface area (Å²) in [6.07, 6.45) is -0.181. The van der Waals surface area contributed by atoms with Crippen LogP contribution in [0.4, 0.5) is 4.39 Å². The zero-order chi connectivity index (χ0) is 12.8. The second kappa shape index (κ2) is 6.57. The number of halogens is 1. The molecule has 0 bridgehead atoms. The van der Waals surface area contributed by atoms with Gasteiger partial charge in [-0.1, -0.05) is 36.4 Å². The van der Waals surface area contributed by atoms with Crippen LogP contribution in [-0.2, 0) is 6.42 Å². The topological polar surface area (TPSA) is 20.2 Å². The minimum atomic E-state index is -0.535. The molecule has 1 N–H and O–H groups in total. The number of thioether (sulfide) groups is 1. The number of rotatable bonds is 5. The fourth-order valence-electron chi connectivity index (χ4n) is 1.69. The maximum Gasteiger partial charge on any atom is 0.126 e. The van der Waals surface area contributed by atoms with Gasteiger partial charge in [-0.3, -0.25) is 0 Å². The first-order valence-corrected chi connectivity index (χ1v) is 6.83. The van der Waals surface area contributed by atoms with Gasteiger partial charge in [0.15, 0.2) is 0 Å². The molecule has 0 amide bonds. The molecule has 1 nitrogen and oxygen atoms in total. The number of benzene rings is 2. The summed E-state index contributed by atoms with van der Waals surface area (Å²) in [5.41, 5.74) is 0.568. The maximum atomic E-state index is 13.4. The fourth-order valence-corrected chi connectivity index (χ4v) is 2.54. The van der Waals surface area contributed by atoms with Crippen LogP contribution in [0.3, 0.4) is 0 Å². The molecular formula is C15H15FOS. The molecule has 2 aromatic rings. The Hall–Kier alpha value is -1.32. The molecule has 0 saturated carbocycles. The molecule has 0 radical (unpaired) electrons. The van der Waals surface area contributed by atoms with E-state index in [4.69, 9.17) is 0 Å². The zero-order valence-corrected chi connectivity index (χ0v) is 10.7. The molecule has 0 aromatic heterocycles. The van der Waals surface area contributed by atoms with Crippen LogP contribution >= 0.6 is 11.8 Å². The fraction of sp³-hybridized carbons (Fsp3) is 0.200. The van der Waals surface area contributed by atoms with Gasteiger partial charge in [-0.2, -0.15) is 0 Å². The lowest BCUT2D eigenvalue weighted by molar-refractivity contribution is 0.198. The highest BCUT2D eigenvalue weighted by molar-refractivity contribution is 7.99. The normalized spacial score (nSPS) is 12.3. The Morgan fingerprint density at radius 1 is 1.00 bits per heavy atom. The third kappa shape index (κ3) is 3.86. The van der Waals surface area contributed by atoms with Gasteiger partial charge in [0, 0.05) is 17.1 Å². The van der Waals surface area contributed by atoms with Crippen molar-refractivity contribution in [1.82, 2.24) is 0 Å².